The van der Waals surface area contributed by atoms with Crippen LogP contribution < -0.4 is 11.1 Å². The Kier molecular flexibility index (Phi) is 4.97. The first-order valence-corrected chi connectivity index (χ1v) is 5.90. The van der Waals surface area contributed by atoms with E-state index < -0.39 is 0 Å². The average molecular weight is 251 g/mol. The van der Waals surface area contributed by atoms with Crippen LogP contribution in [0.5, 0.6) is 0 Å². The molecule has 0 aliphatic heterocycles. The summed E-state index contributed by atoms with van der Waals surface area (Å²) in [4.78, 5) is 13.9. The number of amides is 1. The monoisotopic (exact) mass is 251 g/mol. The van der Waals surface area contributed by atoms with Gasteiger partial charge in [0.05, 0.1) is 5.70 Å². The Hall–Kier alpha value is -1.75. The summed E-state index contributed by atoms with van der Waals surface area (Å²) >= 11 is 0. The second-order valence-corrected chi connectivity index (χ2v) is 4.56. The number of nitrogens with zero attached hydrogens (tertiary/aromatic N) is 1. The first kappa shape index (κ1) is 14.3. The maximum Gasteiger partial charge on any atom is 0.287 e. The Morgan fingerprint density at radius 2 is 2.22 bits per heavy atom. The van der Waals surface area contributed by atoms with Crippen molar-refractivity contribution >= 4 is 11.6 Å². The summed E-state index contributed by atoms with van der Waals surface area (Å²) in [5, 5.41) is 2.80. The quantitative estimate of drug-likeness (QED) is 0.745. The third kappa shape index (κ3) is 3.92. The van der Waals surface area contributed by atoms with Gasteiger partial charge in [0, 0.05) is 6.54 Å². The van der Waals surface area contributed by atoms with Gasteiger partial charge in [-0.3, -0.25) is 4.79 Å². The molecule has 0 saturated carbocycles. The second-order valence-electron chi connectivity index (χ2n) is 4.56. The zero-order valence-electron chi connectivity index (χ0n) is 11.2. The van der Waals surface area contributed by atoms with E-state index in [0.29, 0.717) is 18.0 Å². The smallest absolute Gasteiger partial charge is 0.287 e. The molecule has 0 unspecified atom stereocenters. The molecular weight excluding hydrogens is 230 g/mol. The molecule has 1 heterocycles. The van der Waals surface area contributed by atoms with Crippen molar-refractivity contribution in [1.29, 1.82) is 0 Å². The first-order chi connectivity index (χ1) is 8.41. The lowest BCUT2D eigenvalue weighted by Gasteiger charge is -2.09. The lowest BCUT2D eigenvalue weighted by atomic mass is 10.2. The minimum absolute atomic E-state index is 0.218. The van der Waals surface area contributed by atoms with Crippen LogP contribution in [0.25, 0.3) is 5.70 Å². The number of carbonyl (C=O) groups is 1. The highest BCUT2D eigenvalue weighted by Gasteiger charge is 2.14. The molecule has 0 aliphatic carbocycles. The fourth-order valence-electron chi connectivity index (χ4n) is 1.60. The van der Waals surface area contributed by atoms with Crippen LogP contribution in [0.2, 0.25) is 0 Å². The number of nitrogens with two attached hydrogens (primary N) is 1. The molecule has 100 valence electrons. The molecule has 1 aromatic heterocycles. The SMILES string of the molecule is C=C(N)c1oc(C(=O)NCCCN(C)C)cc1C. The topological polar surface area (TPSA) is 71.5 Å². The van der Waals surface area contributed by atoms with Crippen LogP contribution in [0.3, 0.4) is 0 Å². The summed E-state index contributed by atoms with van der Waals surface area (Å²) in [6.07, 6.45) is 0.898. The average Bonchev–Trinajstić information content (AvgIpc) is 2.66. The van der Waals surface area contributed by atoms with E-state index >= 15 is 0 Å². The largest absolute Gasteiger partial charge is 0.449 e. The third-order valence-electron chi connectivity index (χ3n) is 2.50. The van der Waals surface area contributed by atoms with E-state index in [0.717, 1.165) is 18.5 Å². The number of furan rings is 1. The molecule has 1 amide bonds. The molecule has 0 atom stereocenters. The summed E-state index contributed by atoms with van der Waals surface area (Å²) in [6, 6.07) is 1.68. The van der Waals surface area contributed by atoms with Gasteiger partial charge in [-0.25, -0.2) is 0 Å². The number of rotatable bonds is 6. The minimum Gasteiger partial charge on any atom is -0.449 e. The molecule has 0 radical (unpaired) electrons. The van der Waals surface area contributed by atoms with Crippen molar-refractivity contribution in [1.82, 2.24) is 10.2 Å². The van der Waals surface area contributed by atoms with E-state index in [1.54, 1.807) is 6.07 Å². The van der Waals surface area contributed by atoms with Gasteiger partial charge in [-0.05, 0) is 45.6 Å². The molecule has 5 heteroatoms. The van der Waals surface area contributed by atoms with Crippen LogP contribution in [0.4, 0.5) is 0 Å². The van der Waals surface area contributed by atoms with Crippen LogP contribution in [0.15, 0.2) is 17.1 Å². The molecule has 1 aromatic rings. The van der Waals surface area contributed by atoms with Crippen molar-refractivity contribution in [3.8, 4) is 0 Å². The summed E-state index contributed by atoms with van der Waals surface area (Å²) in [5.41, 5.74) is 6.71. The number of carbonyl (C=O) groups excluding carboxylic acids is 1. The maximum atomic E-state index is 11.8. The molecule has 0 bridgehead atoms. The first-order valence-electron chi connectivity index (χ1n) is 5.90. The van der Waals surface area contributed by atoms with E-state index in [9.17, 15) is 4.79 Å². The molecule has 0 aliphatic rings. The highest BCUT2D eigenvalue weighted by Crippen LogP contribution is 2.18. The Balaban J connectivity index is 2.52. The Morgan fingerprint density at radius 1 is 1.56 bits per heavy atom. The predicted molar refractivity (Wildman–Crippen MR) is 72.2 cm³/mol. The third-order valence-corrected chi connectivity index (χ3v) is 2.50. The van der Waals surface area contributed by atoms with Gasteiger partial charge in [-0.1, -0.05) is 6.58 Å². The molecule has 5 nitrogen and oxygen atoms in total. The standard InChI is InChI=1S/C13H21N3O2/c1-9-8-11(18-12(9)10(2)14)13(17)15-6-5-7-16(3)4/h8H,2,5-7,14H2,1,3-4H3,(H,15,17). The van der Waals surface area contributed by atoms with E-state index in [4.69, 9.17) is 10.2 Å². The van der Waals surface area contributed by atoms with Crippen molar-refractivity contribution in [2.75, 3.05) is 27.2 Å². The van der Waals surface area contributed by atoms with Crippen LogP contribution >= 0.6 is 0 Å². The van der Waals surface area contributed by atoms with Crippen molar-refractivity contribution in [2.24, 2.45) is 5.73 Å². The van der Waals surface area contributed by atoms with E-state index in [1.165, 1.54) is 0 Å². The molecule has 0 spiro atoms. The van der Waals surface area contributed by atoms with Crippen molar-refractivity contribution in [3.05, 3.63) is 29.7 Å². The van der Waals surface area contributed by atoms with Crippen molar-refractivity contribution in [2.45, 2.75) is 13.3 Å². The van der Waals surface area contributed by atoms with Gasteiger partial charge >= 0.3 is 0 Å². The van der Waals surface area contributed by atoms with Crippen molar-refractivity contribution < 1.29 is 9.21 Å². The zero-order chi connectivity index (χ0) is 13.7. The van der Waals surface area contributed by atoms with Gasteiger partial charge in [-0.15, -0.1) is 0 Å². The zero-order valence-corrected chi connectivity index (χ0v) is 11.2. The van der Waals surface area contributed by atoms with Gasteiger partial charge < -0.3 is 20.4 Å². The molecular formula is C13H21N3O2. The number of hydrogen-bond donors (Lipinski definition) is 2. The predicted octanol–water partition coefficient (Wildman–Crippen LogP) is 1.20. The highest BCUT2D eigenvalue weighted by molar-refractivity contribution is 5.92. The fraction of sp³-hybridized carbons (Fsp3) is 0.462. The van der Waals surface area contributed by atoms with Crippen molar-refractivity contribution in [3.63, 3.8) is 0 Å². The van der Waals surface area contributed by atoms with Gasteiger partial charge in [0.25, 0.3) is 5.91 Å². The van der Waals surface area contributed by atoms with Crippen LogP contribution in [0, 0.1) is 6.92 Å². The second kappa shape index (κ2) is 6.26. The number of nitrogens with one attached hydrogen (secondary N) is 1. The Labute approximate surface area is 108 Å². The normalized spacial score (nSPS) is 10.7. The van der Waals surface area contributed by atoms with Crippen LogP contribution in [0.1, 0.15) is 28.3 Å². The summed E-state index contributed by atoms with van der Waals surface area (Å²) in [5.74, 6) is 0.539. The molecule has 3 N–H and O–H groups in total. The molecule has 18 heavy (non-hydrogen) atoms. The lowest BCUT2D eigenvalue weighted by molar-refractivity contribution is 0.0924. The van der Waals surface area contributed by atoms with E-state index in [-0.39, 0.29) is 11.7 Å². The van der Waals surface area contributed by atoms with Crippen LogP contribution in [-0.2, 0) is 0 Å². The summed E-state index contributed by atoms with van der Waals surface area (Å²) in [6.45, 7) is 6.99. The molecule has 0 fully saturated rings. The Morgan fingerprint density at radius 3 is 2.72 bits per heavy atom. The maximum absolute atomic E-state index is 11.8. The van der Waals surface area contributed by atoms with Crippen LogP contribution in [-0.4, -0.2) is 38.0 Å². The Bertz CT molecular complexity index is 435. The molecule has 0 aromatic carbocycles. The lowest BCUT2D eigenvalue weighted by Crippen LogP contribution is -2.26. The highest BCUT2D eigenvalue weighted by atomic mass is 16.4. The summed E-state index contributed by atoms with van der Waals surface area (Å²) in [7, 11) is 3.99. The molecule has 1 rings (SSSR count). The van der Waals surface area contributed by atoms with E-state index in [2.05, 4.69) is 16.8 Å². The van der Waals surface area contributed by atoms with Gasteiger partial charge in [0.2, 0.25) is 0 Å². The van der Waals surface area contributed by atoms with Gasteiger partial charge in [0.1, 0.15) is 0 Å². The fourth-order valence-corrected chi connectivity index (χ4v) is 1.60. The number of aryl methyl sites for hydroxylation is 1. The minimum atomic E-state index is -0.218. The van der Waals surface area contributed by atoms with E-state index in [1.807, 2.05) is 21.0 Å². The molecule has 0 saturated heterocycles. The summed E-state index contributed by atoms with van der Waals surface area (Å²) < 4.78 is 5.37. The van der Waals surface area contributed by atoms with Gasteiger partial charge in [0.15, 0.2) is 11.5 Å². The number of hydrogen-bond acceptors (Lipinski definition) is 4. The van der Waals surface area contributed by atoms with Gasteiger partial charge in [-0.2, -0.15) is 0 Å².